The zero-order valence-corrected chi connectivity index (χ0v) is 22.5. The topological polar surface area (TPSA) is 143 Å². The second kappa shape index (κ2) is 14.5. The molecular formula is C25H40N4O7S. The molecular weight excluding hydrogens is 500 g/mol. The quantitative estimate of drug-likeness (QED) is 0.115. The number of fused-ring (bicyclic) bond motifs is 1. The molecule has 208 valence electrons. The molecule has 2 saturated heterocycles. The van der Waals surface area contributed by atoms with Crippen molar-refractivity contribution in [3.8, 4) is 11.8 Å². The Balaban J connectivity index is 1.18. The lowest BCUT2D eigenvalue weighted by Gasteiger charge is -2.16. The third-order valence-electron chi connectivity index (χ3n) is 6.72. The predicted molar refractivity (Wildman–Crippen MR) is 141 cm³/mol. The molecule has 3 amide bonds. The number of aromatic hydroxyl groups is 2. The van der Waals surface area contributed by atoms with Crippen LogP contribution < -0.4 is 16.0 Å². The van der Waals surface area contributed by atoms with E-state index in [2.05, 4.69) is 22.5 Å². The van der Waals surface area contributed by atoms with Crippen LogP contribution in [0.2, 0.25) is 0 Å². The number of carbonyl (C=O) groups is 2. The van der Waals surface area contributed by atoms with Crippen molar-refractivity contribution in [3.63, 3.8) is 0 Å². The maximum Gasteiger partial charge on any atom is 0.315 e. The van der Waals surface area contributed by atoms with Gasteiger partial charge in [0.2, 0.25) is 11.8 Å². The van der Waals surface area contributed by atoms with Crippen LogP contribution in [0.1, 0.15) is 42.9 Å². The number of hydrogen-bond donors (Lipinski definition) is 5. The van der Waals surface area contributed by atoms with Crippen molar-refractivity contribution in [1.29, 1.82) is 0 Å². The van der Waals surface area contributed by atoms with Gasteiger partial charge in [-0.25, -0.2) is 4.79 Å². The molecule has 1 aromatic heterocycles. The maximum atomic E-state index is 12.0. The van der Waals surface area contributed by atoms with Crippen LogP contribution in [0.4, 0.5) is 4.79 Å². The Morgan fingerprint density at radius 1 is 1.22 bits per heavy atom. The standard InChI is InChI=1S/C25H40N4O7S/c1-4-18(34-3)21-16(2)23(31)29(24(21)32)10-12-36-14-13-35-11-9-26-20(30)8-6-5-7-19-22-17(15-37-19)27-25(33)28-22/h4,17-19,22,31-32H,1,5-15H2,2-3H3,(H,26,30)(H2,27,28,33). The minimum absolute atomic E-state index is 0.0146. The molecule has 4 unspecified atom stereocenters. The largest absolute Gasteiger partial charge is 0.494 e. The van der Waals surface area contributed by atoms with E-state index in [-0.39, 0.29) is 48.9 Å². The van der Waals surface area contributed by atoms with Crippen molar-refractivity contribution in [3.05, 3.63) is 23.8 Å². The summed E-state index contributed by atoms with van der Waals surface area (Å²) < 4.78 is 17.7. The highest BCUT2D eigenvalue weighted by Gasteiger charge is 2.42. The zero-order valence-electron chi connectivity index (χ0n) is 21.7. The Kier molecular flexibility index (Phi) is 11.4. The van der Waals surface area contributed by atoms with E-state index in [1.54, 1.807) is 13.0 Å². The molecule has 2 fully saturated rings. The molecule has 2 aliphatic rings. The average molecular weight is 541 g/mol. The Hall–Kier alpha value is -2.41. The Morgan fingerprint density at radius 3 is 2.70 bits per heavy atom. The van der Waals surface area contributed by atoms with Crippen LogP contribution in [-0.2, 0) is 25.5 Å². The van der Waals surface area contributed by atoms with E-state index in [0.717, 1.165) is 25.0 Å². The smallest absolute Gasteiger partial charge is 0.315 e. The molecule has 3 heterocycles. The Bertz CT molecular complexity index is 925. The molecule has 4 atom stereocenters. The first-order valence-electron chi connectivity index (χ1n) is 12.7. The lowest BCUT2D eigenvalue weighted by atomic mass is 10.0. The highest BCUT2D eigenvalue weighted by atomic mass is 32.2. The molecule has 1 aromatic rings. The van der Waals surface area contributed by atoms with Crippen molar-refractivity contribution in [2.75, 3.05) is 45.8 Å². The van der Waals surface area contributed by atoms with Crippen LogP contribution >= 0.6 is 11.8 Å². The summed E-state index contributed by atoms with van der Waals surface area (Å²) >= 11 is 1.89. The van der Waals surface area contributed by atoms with Gasteiger partial charge < -0.3 is 40.4 Å². The summed E-state index contributed by atoms with van der Waals surface area (Å²) in [5.74, 6) is 0.868. The van der Waals surface area contributed by atoms with Crippen LogP contribution in [-0.4, -0.2) is 89.9 Å². The van der Waals surface area contributed by atoms with Crippen molar-refractivity contribution in [2.45, 2.75) is 62.6 Å². The second-order valence-electron chi connectivity index (χ2n) is 9.17. The molecule has 0 radical (unpaired) electrons. The van der Waals surface area contributed by atoms with E-state index in [0.29, 0.717) is 49.2 Å². The normalized spacial score (nSPS) is 21.4. The molecule has 5 N–H and O–H groups in total. The van der Waals surface area contributed by atoms with Crippen molar-refractivity contribution >= 4 is 23.7 Å². The van der Waals surface area contributed by atoms with E-state index in [9.17, 15) is 19.8 Å². The number of thioether (sulfide) groups is 1. The number of ether oxygens (including phenoxy) is 3. The van der Waals surface area contributed by atoms with Crippen LogP contribution in [0.5, 0.6) is 11.8 Å². The fraction of sp³-hybridized carbons (Fsp3) is 0.680. The van der Waals surface area contributed by atoms with E-state index in [4.69, 9.17) is 14.2 Å². The van der Waals surface area contributed by atoms with Gasteiger partial charge in [-0.3, -0.25) is 9.36 Å². The number of urea groups is 1. The van der Waals surface area contributed by atoms with Gasteiger partial charge in [-0.1, -0.05) is 12.5 Å². The molecule has 0 spiro atoms. The Morgan fingerprint density at radius 2 is 1.97 bits per heavy atom. The molecule has 0 aromatic carbocycles. The summed E-state index contributed by atoms with van der Waals surface area (Å²) in [5, 5.41) is 30.0. The number of aromatic nitrogens is 1. The summed E-state index contributed by atoms with van der Waals surface area (Å²) in [4.78, 5) is 23.4. The number of amides is 3. The lowest BCUT2D eigenvalue weighted by molar-refractivity contribution is -0.121. The SMILES string of the molecule is C=CC(OC)c1c(C)c(O)n(CCOCCOCCNC(=O)CCCCC2SCC3NC(=O)NC32)c1O. The monoisotopic (exact) mass is 540 g/mol. The van der Waals surface area contributed by atoms with Gasteiger partial charge in [-0.2, -0.15) is 11.8 Å². The summed E-state index contributed by atoms with van der Waals surface area (Å²) in [7, 11) is 1.51. The number of hydrogen-bond acceptors (Lipinski definition) is 8. The molecule has 2 aliphatic heterocycles. The van der Waals surface area contributed by atoms with Gasteiger partial charge in [0, 0.05) is 36.6 Å². The van der Waals surface area contributed by atoms with Crippen LogP contribution in [0, 0.1) is 6.92 Å². The van der Waals surface area contributed by atoms with Gasteiger partial charge >= 0.3 is 6.03 Å². The van der Waals surface area contributed by atoms with Gasteiger partial charge in [0.25, 0.3) is 0 Å². The Labute approximate surface area is 222 Å². The summed E-state index contributed by atoms with van der Waals surface area (Å²) in [5.41, 5.74) is 1.03. The molecule has 3 rings (SSSR count). The number of carbonyl (C=O) groups excluding carboxylic acids is 2. The first-order valence-corrected chi connectivity index (χ1v) is 13.8. The highest BCUT2D eigenvalue weighted by Crippen LogP contribution is 2.38. The van der Waals surface area contributed by atoms with E-state index < -0.39 is 6.10 Å². The van der Waals surface area contributed by atoms with Gasteiger partial charge in [0.05, 0.1) is 50.6 Å². The van der Waals surface area contributed by atoms with Gasteiger partial charge in [-0.05, 0) is 19.8 Å². The number of nitrogens with zero attached hydrogens (tertiary/aromatic N) is 1. The van der Waals surface area contributed by atoms with E-state index in [1.807, 2.05) is 11.8 Å². The fourth-order valence-electron chi connectivity index (χ4n) is 4.72. The molecule has 0 bridgehead atoms. The van der Waals surface area contributed by atoms with Gasteiger partial charge in [0.15, 0.2) is 5.88 Å². The number of rotatable bonds is 17. The van der Waals surface area contributed by atoms with Gasteiger partial charge in [-0.15, -0.1) is 6.58 Å². The fourth-order valence-corrected chi connectivity index (χ4v) is 6.27. The molecule has 37 heavy (non-hydrogen) atoms. The van der Waals surface area contributed by atoms with E-state index in [1.165, 1.54) is 11.7 Å². The minimum Gasteiger partial charge on any atom is -0.494 e. The summed E-state index contributed by atoms with van der Waals surface area (Å²) in [6.45, 7) is 7.52. The van der Waals surface area contributed by atoms with Crippen LogP contribution in [0.25, 0.3) is 0 Å². The molecule has 0 saturated carbocycles. The van der Waals surface area contributed by atoms with Crippen molar-refractivity contribution in [1.82, 2.24) is 20.5 Å². The summed E-state index contributed by atoms with van der Waals surface area (Å²) in [6, 6.07) is 0.380. The first-order chi connectivity index (χ1) is 17.9. The minimum atomic E-state index is -0.513. The van der Waals surface area contributed by atoms with Crippen LogP contribution in [0.3, 0.4) is 0 Å². The highest BCUT2D eigenvalue weighted by molar-refractivity contribution is 8.00. The van der Waals surface area contributed by atoms with Crippen molar-refractivity contribution < 1.29 is 34.0 Å². The number of unbranched alkanes of at least 4 members (excludes halogenated alkanes) is 1. The molecule has 11 nitrogen and oxygen atoms in total. The third-order valence-corrected chi connectivity index (χ3v) is 8.23. The predicted octanol–water partition coefficient (Wildman–Crippen LogP) is 1.96. The first kappa shape index (κ1) is 29.2. The molecule has 0 aliphatic carbocycles. The summed E-state index contributed by atoms with van der Waals surface area (Å²) in [6.07, 6.45) is 4.31. The number of methoxy groups -OCH3 is 1. The van der Waals surface area contributed by atoms with E-state index >= 15 is 0 Å². The van der Waals surface area contributed by atoms with Gasteiger partial charge in [0.1, 0.15) is 6.10 Å². The number of nitrogens with one attached hydrogen (secondary N) is 3. The zero-order chi connectivity index (χ0) is 26.8. The second-order valence-corrected chi connectivity index (χ2v) is 10.4. The lowest BCUT2D eigenvalue weighted by Crippen LogP contribution is -2.36. The van der Waals surface area contributed by atoms with Crippen LogP contribution in [0.15, 0.2) is 12.7 Å². The maximum absolute atomic E-state index is 12.0. The third kappa shape index (κ3) is 7.79. The average Bonchev–Trinajstić information content (AvgIpc) is 3.49. The molecule has 12 heteroatoms. The van der Waals surface area contributed by atoms with Crippen molar-refractivity contribution in [2.24, 2.45) is 0 Å².